The van der Waals surface area contributed by atoms with Crippen molar-refractivity contribution in [3.8, 4) is 17.1 Å². The van der Waals surface area contributed by atoms with E-state index in [1.165, 1.54) is 0 Å². The van der Waals surface area contributed by atoms with Gasteiger partial charge < -0.3 is 4.74 Å². The first-order valence-corrected chi connectivity index (χ1v) is 6.22. The zero-order valence-corrected chi connectivity index (χ0v) is 11.5. The minimum Gasteiger partial charge on any atom is -0.481 e. The Morgan fingerprint density at radius 2 is 2.00 bits per heavy atom. The van der Waals surface area contributed by atoms with Crippen LogP contribution in [0.5, 0.6) is 5.88 Å². The first kappa shape index (κ1) is 12.9. The molecular formula is C15H15ClNO. The van der Waals surface area contributed by atoms with Gasteiger partial charge in [0.1, 0.15) is 0 Å². The fraction of sp³-hybridized carbons (Fsp3) is 0.267. The van der Waals surface area contributed by atoms with E-state index in [1.54, 1.807) is 19.2 Å². The number of methoxy groups -OCH3 is 1. The fourth-order valence-electron chi connectivity index (χ4n) is 1.69. The van der Waals surface area contributed by atoms with Crippen LogP contribution in [-0.2, 0) is 0 Å². The highest BCUT2D eigenvalue weighted by Gasteiger charge is 2.09. The van der Waals surface area contributed by atoms with Crippen molar-refractivity contribution in [3.05, 3.63) is 47.0 Å². The molecule has 0 N–H and O–H groups in total. The van der Waals surface area contributed by atoms with Crippen LogP contribution in [0.25, 0.3) is 11.3 Å². The Balaban J connectivity index is 2.50. The van der Waals surface area contributed by atoms with Gasteiger partial charge in [0.2, 0.25) is 5.88 Å². The van der Waals surface area contributed by atoms with Gasteiger partial charge in [0.05, 0.1) is 17.8 Å². The van der Waals surface area contributed by atoms with Crippen LogP contribution in [0.2, 0.25) is 5.02 Å². The molecule has 0 amide bonds. The Kier molecular flexibility index (Phi) is 3.87. The van der Waals surface area contributed by atoms with Gasteiger partial charge in [-0.15, -0.1) is 0 Å². The topological polar surface area (TPSA) is 22.1 Å². The van der Waals surface area contributed by atoms with Crippen molar-refractivity contribution in [2.45, 2.75) is 19.8 Å². The standard InChI is InChI=1S/C15H15ClNO/c1-10(2)11-5-4-6-12(9-11)15-13(16)7-8-14(17-15)18-3/h4-8,10H,1-3H3. The number of ether oxygens (including phenoxy) is 1. The van der Waals surface area contributed by atoms with E-state index >= 15 is 0 Å². The molecule has 2 nitrogen and oxygen atoms in total. The summed E-state index contributed by atoms with van der Waals surface area (Å²) >= 11 is 6.18. The molecule has 0 aliphatic heterocycles. The van der Waals surface area contributed by atoms with E-state index in [0.29, 0.717) is 22.5 Å². The van der Waals surface area contributed by atoms with Crippen molar-refractivity contribution >= 4 is 11.6 Å². The third-order valence-corrected chi connectivity index (χ3v) is 3.03. The minimum absolute atomic E-state index is 0.425. The molecule has 2 rings (SSSR count). The molecule has 2 aromatic rings. The number of pyridine rings is 1. The Hall–Kier alpha value is -1.54. The van der Waals surface area contributed by atoms with Gasteiger partial charge in [0.15, 0.2) is 0 Å². The molecule has 93 valence electrons. The first-order chi connectivity index (χ1) is 8.61. The molecule has 0 atom stereocenters. The van der Waals surface area contributed by atoms with E-state index in [-0.39, 0.29) is 0 Å². The van der Waals surface area contributed by atoms with Crippen LogP contribution in [0.3, 0.4) is 0 Å². The van der Waals surface area contributed by atoms with E-state index in [0.717, 1.165) is 11.1 Å². The number of nitrogens with zero attached hydrogens (tertiary/aromatic N) is 1. The van der Waals surface area contributed by atoms with Crippen molar-refractivity contribution < 1.29 is 4.74 Å². The molecule has 0 unspecified atom stereocenters. The van der Waals surface area contributed by atoms with Gasteiger partial charge >= 0.3 is 0 Å². The lowest BCUT2D eigenvalue weighted by Crippen LogP contribution is -1.93. The van der Waals surface area contributed by atoms with E-state index < -0.39 is 0 Å². The van der Waals surface area contributed by atoms with Gasteiger partial charge in [-0.05, 0) is 23.6 Å². The Bertz CT molecular complexity index is 552. The van der Waals surface area contributed by atoms with E-state index in [9.17, 15) is 0 Å². The number of hydrogen-bond donors (Lipinski definition) is 0. The van der Waals surface area contributed by atoms with Crippen molar-refractivity contribution in [1.29, 1.82) is 0 Å². The van der Waals surface area contributed by atoms with Crippen LogP contribution in [-0.4, -0.2) is 12.1 Å². The SMILES string of the molecule is COc1ccc(Cl)c(-c2[c]c(C(C)C)ccc2)n1. The average Bonchev–Trinajstić information content (AvgIpc) is 2.39. The molecular weight excluding hydrogens is 246 g/mol. The maximum atomic E-state index is 6.18. The molecule has 1 heterocycles. The predicted molar refractivity (Wildman–Crippen MR) is 74.2 cm³/mol. The Morgan fingerprint density at radius 1 is 1.22 bits per heavy atom. The summed E-state index contributed by atoms with van der Waals surface area (Å²) in [6.07, 6.45) is 0. The van der Waals surface area contributed by atoms with Gasteiger partial charge in [0, 0.05) is 11.6 Å². The molecule has 0 aliphatic carbocycles. The zero-order chi connectivity index (χ0) is 13.1. The number of rotatable bonds is 3. The summed E-state index contributed by atoms with van der Waals surface area (Å²) in [7, 11) is 1.59. The molecule has 1 aromatic carbocycles. The highest BCUT2D eigenvalue weighted by Crippen LogP contribution is 2.29. The number of halogens is 1. The first-order valence-electron chi connectivity index (χ1n) is 5.85. The molecule has 0 saturated carbocycles. The van der Waals surface area contributed by atoms with E-state index in [1.807, 2.05) is 12.1 Å². The summed E-state index contributed by atoms with van der Waals surface area (Å²) < 4.78 is 5.13. The summed E-state index contributed by atoms with van der Waals surface area (Å²) in [6, 6.07) is 12.9. The predicted octanol–water partition coefficient (Wildman–Crippen LogP) is 4.33. The van der Waals surface area contributed by atoms with Gasteiger partial charge in [-0.2, -0.15) is 0 Å². The molecule has 3 heteroatoms. The molecule has 1 aromatic heterocycles. The molecule has 0 spiro atoms. The van der Waals surface area contributed by atoms with Crippen LogP contribution in [0, 0.1) is 6.07 Å². The van der Waals surface area contributed by atoms with E-state index in [4.69, 9.17) is 16.3 Å². The van der Waals surface area contributed by atoms with Gasteiger partial charge in [0.25, 0.3) is 0 Å². The minimum atomic E-state index is 0.425. The maximum absolute atomic E-state index is 6.18. The molecule has 1 radical (unpaired) electrons. The zero-order valence-electron chi connectivity index (χ0n) is 10.7. The number of benzene rings is 1. The van der Waals surface area contributed by atoms with Crippen molar-refractivity contribution in [3.63, 3.8) is 0 Å². The third-order valence-electron chi connectivity index (χ3n) is 2.72. The third kappa shape index (κ3) is 2.65. The smallest absolute Gasteiger partial charge is 0.213 e. The largest absolute Gasteiger partial charge is 0.481 e. The number of aromatic nitrogens is 1. The lowest BCUT2D eigenvalue weighted by atomic mass is 9.99. The Labute approximate surface area is 113 Å². The summed E-state index contributed by atoms with van der Waals surface area (Å²) in [5, 5.41) is 0.605. The average molecular weight is 261 g/mol. The lowest BCUT2D eigenvalue weighted by Gasteiger charge is -2.09. The summed E-state index contributed by atoms with van der Waals surface area (Å²) in [4.78, 5) is 4.38. The molecule has 0 saturated heterocycles. The molecule has 0 fully saturated rings. The second-order valence-corrected chi connectivity index (χ2v) is 4.77. The summed E-state index contributed by atoms with van der Waals surface area (Å²) in [6.45, 7) is 4.27. The lowest BCUT2D eigenvalue weighted by molar-refractivity contribution is 0.398. The monoisotopic (exact) mass is 260 g/mol. The van der Waals surface area contributed by atoms with E-state index in [2.05, 4.69) is 31.0 Å². The molecule has 0 aliphatic rings. The van der Waals surface area contributed by atoms with Crippen LogP contribution >= 0.6 is 11.6 Å². The molecule has 0 bridgehead atoms. The van der Waals surface area contributed by atoms with Gasteiger partial charge in [-0.3, -0.25) is 0 Å². The van der Waals surface area contributed by atoms with Crippen molar-refractivity contribution in [2.24, 2.45) is 0 Å². The summed E-state index contributed by atoms with van der Waals surface area (Å²) in [5.41, 5.74) is 2.75. The highest BCUT2D eigenvalue weighted by atomic mass is 35.5. The second kappa shape index (κ2) is 5.40. The van der Waals surface area contributed by atoms with Gasteiger partial charge in [-0.1, -0.05) is 43.6 Å². The summed E-state index contributed by atoms with van der Waals surface area (Å²) in [5.74, 6) is 0.979. The van der Waals surface area contributed by atoms with Crippen molar-refractivity contribution in [2.75, 3.05) is 7.11 Å². The van der Waals surface area contributed by atoms with Crippen LogP contribution in [0.1, 0.15) is 25.3 Å². The molecule has 18 heavy (non-hydrogen) atoms. The normalized spacial score (nSPS) is 10.7. The quantitative estimate of drug-likeness (QED) is 0.819. The van der Waals surface area contributed by atoms with Crippen LogP contribution in [0.4, 0.5) is 0 Å². The fourth-order valence-corrected chi connectivity index (χ4v) is 1.90. The van der Waals surface area contributed by atoms with Gasteiger partial charge in [-0.25, -0.2) is 4.98 Å². The highest BCUT2D eigenvalue weighted by molar-refractivity contribution is 6.33. The second-order valence-electron chi connectivity index (χ2n) is 4.36. The van der Waals surface area contributed by atoms with Crippen LogP contribution in [0.15, 0.2) is 30.3 Å². The van der Waals surface area contributed by atoms with Crippen molar-refractivity contribution in [1.82, 2.24) is 4.98 Å². The van der Waals surface area contributed by atoms with Crippen LogP contribution < -0.4 is 4.74 Å². The maximum Gasteiger partial charge on any atom is 0.213 e. The number of hydrogen-bond acceptors (Lipinski definition) is 2. The Morgan fingerprint density at radius 3 is 2.67 bits per heavy atom.